The molecule has 0 saturated heterocycles. The number of H-pyrrole nitrogens is 1. The van der Waals surface area contributed by atoms with Crippen LogP contribution in [-0.4, -0.2) is 21.9 Å². The zero-order valence-electron chi connectivity index (χ0n) is 10.3. The van der Waals surface area contributed by atoms with Gasteiger partial charge in [-0.1, -0.05) is 17.3 Å². The molecule has 1 aromatic heterocycles. The van der Waals surface area contributed by atoms with Crippen molar-refractivity contribution in [2.45, 2.75) is 0 Å². The maximum atomic E-state index is 11.9. The zero-order valence-corrected chi connectivity index (χ0v) is 10.3. The van der Waals surface area contributed by atoms with E-state index in [4.69, 9.17) is 10.9 Å². The topological polar surface area (TPSA) is 121 Å². The Morgan fingerprint density at radius 1 is 1.35 bits per heavy atom. The Morgan fingerprint density at radius 3 is 2.85 bits per heavy atom. The van der Waals surface area contributed by atoms with Gasteiger partial charge < -0.3 is 21.2 Å². The molecule has 2 rings (SSSR count). The van der Waals surface area contributed by atoms with Crippen LogP contribution in [0.1, 0.15) is 15.9 Å². The summed E-state index contributed by atoms with van der Waals surface area (Å²) in [5.41, 5.74) is 5.97. The number of aromatic nitrogens is 1. The van der Waals surface area contributed by atoms with Crippen LogP contribution < -0.4 is 16.5 Å². The second-order valence-electron chi connectivity index (χ2n) is 3.94. The Labute approximate surface area is 113 Å². The SMILES string of the molecule is N/C(=N/O)c1cccc(NC(=O)c2c[nH]ccc2=O)c1. The van der Waals surface area contributed by atoms with E-state index in [0.717, 1.165) is 0 Å². The van der Waals surface area contributed by atoms with Crippen LogP contribution in [0.3, 0.4) is 0 Å². The molecule has 2 aromatic rings. The Morgan fingerprint density at radius 2 is 2.15 bits per heavy atom. The first-order chi connectivity index (χ1) is 9.61. The van der Waals surface area contributed by atoms with Gasteiger partial charge in [-0.2, -0.15) is 0 Å². The van der Waals surface area contributed by atoms with Crippen molar-refractivity contribution in [3.63, 3.8) is 0 Å². The zero-order chi connectivity index (χ0) is 14.5. The van der Waals surface area contributed by atoms with Crippen molar-refractivity contribution < 1.29 is 10.0 Å². The van der Waals surface area contributed by atoms with Crippen LogP contribution >= 0.6 is 0 Å². The van der Waals surface area contributed by atoms with Crippen LogP contribution in [-0.2, 0) is 0 Å². The second-order valence-corrected chi connectivity index (χ2v) is 3.94. The van der Waals surface area contributed by atoms with Gasteiger partial charge >= 0.3 is 0 Å². The molecule has 1 aromatic carbocycles. The summed E-state index contributed by atoms with van der Waals surface area (Å²) in [4.78, 5) is 26.1. The van der Waals surface area contributed by atoms with Crippen LogP contribution in [0.25, 0.3) is 0 Å². The quantitative estimate of drug-likeness (QED) is 0.285. The predicted molar refractivity (Wildman–Crippen MR) is 74.0 cm³/mol. The van der Waals surface area contributed by atoms with Gasteiger partial charge in [0.25, 0.3) is 5.91 Å². The molecule has 1 heterocycles. The van der Waals surface area contributed by atoms with Crippen LogP contribution in [0.2, 0.25) is 0 Å². The lowest BCUT2D eigenvalue weighted by Gasteiger charge is -2.06. The lowest BCUT2D eigenvalue weighted by molar-refractivity contribution is 0.102. The first kappa shape index (κ1) is 13.3. The Balaban J connectivity index is 2.25. The van der Waals surface area contributed by atoms with E-state index in [1.165, 1.54) is 24.5 Å². The minimum atomic E-state index is -0.538. The average Bonchev–Trinajstić information content (AvgIpc) is 2.47. The van der Waals surface area contributed by atoms with Crippen molar-refractivity contribution in [2.24, 2.45) is 10.9 Å². The van der Waals surface area contributed by atoms with Gasteiger partial charge in [0.05, 0.1) is 0 Å². The van der Waals surface area contributed by atoms with Crippen molar-refractivity contribution in [3.8, 4) is 0 Å². The number of aromatic amines is 1. The minimum Gasteiger partial charge on any atom is -0.409 e. The van der Waals surface area contributed by atoms with Gasteiger partial charge in [-0.3, -0.25) is 9.59 Å². The Kier molecular flexibility index (Phi) is 3.80. The summed E-state index contributed by atoms with van der Waals surface area (Å²) in [6.07, 6.45) is 2.77. The number of amides is 1. The largest absolute Gasteiger partial charge is 0.409 e. The number of nitrogens with zero attached hydrogens (tertiary/aromatic N) is 1. The Bertz CT molecular complexity index is 721. The molecule has 1 amide bonds. The summed E-state index contributed by atoms with van der Waals surface area (Å²) in [5.74, 6) is -0.609. The van der Waals surface area contributed by atoms with E-state index in [0.29, 0.717) is 11.3 Å². The number of anilines is 1. The number of rotatable bonds is 3. The number of nitrogens with two attached hydrogens (primary N) is 1. The number of oxime groups is 1. The van der Waals surface area contributed by atoms with Gasteiger partial charge in [0.2, 0.25) is 0 Å². The number of carbonyl (C=O) groups excluding carboxylic acids is 1. The molecule has 0 radical (unpaired) electrons. The maximum Gasteiger partial charge on any atom is 0.261 e. The normalized spacial score (nSPS) is 11.1. The first-order valence-electron chi connectivity index (χ1n) is 5.68. The molecular formula is C13H12N4O3. The van der Waals surface area contributed by atoms with Crippen molar-refractivity contribution in [2.75, 3.05) is 5.32 Å². The van der Waals surface area contributed by atoms with Gasteiger partial charge in [0.1, 0.15) is 5.56 Å². The third kappa shape index (κ3) is 2.83. The van der Waals surface area contributed by atoms with E-state index in [1.54, 1.807) is 18.2 Å². The van der Waals surface area contributed by atoms with Gasteiger partial charge in [0, 0.05) is 29.7 Å². The summed E-state index contributed by atoms with van der Waals surface area (Å²) in [5, 5.41) is 14.1. The maximum absolute atomic E-state index is 11.9. The minimum absolute atomic E-state index is 0.00157. The van der Waals surface area contributed by atoms with E-state index >= 15 is 0 Å². The molecule has 102 valence electrons. The van der Waals surface area contributed by atoms with Crippen LogP contribution in [0.4, 0.5) is 5.69 Å². The lowest BCUT2D eigenvalue weighted by Crippen LogP contribution is -2.21. The number of hydrogen-bond acceptors (Lipinski definition) is 4. The third-order valence-corrected chi connectivity index (χ3v) is 2.59. The highest BCUT2D eigenvalue weighted by Gasteiger charge is 2.10. The molecule has 0 aliphatic rings. The standard InChI is InChI=1S/C13H12N4O3/c14-12(17-20)8-2-1-3-9(6-8)16-13(19)10-7-15-5-4-11(10)18/h1-7,20H,(H2,14,17)(H,15,18)(H,16,19). The summed E-state index contributed by atoms with van der Waals surface area (Å²) in [6, 6.07) is 7.69. The van der Waals surface area contributed by atoms with Gasteiger partial charge in [-0.15, -0.1) is 0 Å². The number of hydrogen-bond donors (Lipinski definition) is 4. The van der Waals surface area contributed by atoms with E-state index in [-0.39, 0.29) is 16.8 Å². The van der Waals surface area contributed by atoms with Crippen LogP contribution in [0.5, 0.6) is 0 Å². The van der Waals surface area contributed by atoms with Gasteiger partial charge in [-0.05, 0) is 12.1 Å². The molecule has 20 heavy (non-hydrogen) atoms. The van der Waals surface area contributed by atoms with E-state index < -0.39 is 5.91 Å². The summed E-state index contributed by atoms with van der Waals surface area (Å²) >= 11 is 0. The van der Waals surface area contributed by atoms with Crippen molar-refractivity contribution >= 4 is 17.4 Å². The number of pyridine rings is 1. The first-order valence-corrected chi connectivity index (χ1v) is 5.68. The summed E-state index contributed by atoms with van der Waals surface area (Å²) in [7, 11) is 0. The van der Waals surface area contributed by atoms with E-state index in [1.807, 2.05) is 0 Å². The molecule has 7 nitrogen and oxygen atoms in total. The molecule has 0 spiro atoms. The monoisotopic (exact) mass is 272 g/mol. The fraction of sp³-hybridized carbons (Fsp3) is 0. The highest BCUT2D eigenvalue weighted by atomic mass is 16.4. The molecule has 0 fully saturated rings. The molecule has 0 atom stereocenters. The van der Waals surface area contributed by atoms with Gasteiger partial charge in [0.15, 0.2) is 11.3 Å². The van der Waals surface area contributed by atoms with Crippen molar-refractivity contribution in [1.82, 2.24) is 4.98 Å². The summed E-state index contributed by atoms with van der Waals surface area (Å²) < 4.78 is 0. The third-order valence-electron chi connectivity index (χ3n) is 2.59. The highest BCUT2D eigenvalue weighted by Crippen LogP contribution is 2.11. The Hall–Kier alpha value is -3.09. The second kappa shape index (κ2) is 5.70. The molecule has 7 heteroatoms. The number of amidine groups is 1. The molecule has 0 aliphatic heterocycles. The molecule has 0 unspecified atom stereocenters. The number of nitrogens with one attached hydrogen (secondary N) is 2. The molecule has 0 saturated carbocycles. The van der Waals surface area contributed by atoms with Crippen molar-refractivity contribution in [1.29, 1.82) is 0 Å². The number of carbonyl (C=O) groups is 1. The van der Waals surface area contributed by atoms with Crippen LogP contribution in [0, 0.1) is 0 Å². The fourth-order valence-electron chi connectivity index (χ4n) is 1.61. The fourth-order valence-corrected chi connectivity index (χ4v) is 1.61. The highest BCUT2D eigenvalue weighted by molar-refractivity contribution is 6.05. The van der Waals surface area contributed by atoms with Gasteiger partial charge in [-0.25, -0.2) is 0 Å². The summed E-state index contributed by atoms with van der Waals surface area (Å²) in [6.45, 7) is 0. The lowest BCUT2D eigenvalue weighted by atomic mass is 10.1. The predicted octanol–water partition coefficient (Wildman–Crippen LogP) is 0.722. The smallest absolute Gasteiger partial charge is 0.261 e. The van der Waals surface area contributed by atoms with Crippen molar-refractivity contribution in [3.05, 3.63) is 64.1 Å². The molecule has 5 N–H and O–H groups in total. The molecule has 0 aliphatic carbocycles. The van der Waals surface area contributed by atoms with E-state index in [2.05, 4.69) is 15.5 Å². The average molecular weight is 272 g/mol. The molecular weight excluding hydrogens is 260 g/mol. The molecule has 0 bridgehead atoms. The van der Waals surface area contributed by atoms with E-state index in [9.17, 15) is 9.59 Å². The van der Waals surface area contributed by atoms with Crippen LogP contribution in [0.15, 0.2) is 52.7 Å². The number of benzene rings is 1.